The lowest BCUT2D eigenvalue weighted by Crippen LogP contribution is -2.54. The predicted molar refractivity (Wildman–Crippen MR) is 126 cm³/mol. The molecular weight excluding hydrogens is 416 g/mol. The Kier molecular flexibility index (Phi) is 9.25. The molecule has 4 nitrogen and oxygen atoms in total. The molecule has 0 heterocycles. The number of amides is 2. The largest absolute Gasteiger partial charge is 0.350 e. The smallest absolute Gasteiger partial charge is 0.243 e. The molecule has 0 radical (unpaired) electrons. The van der Waals surface area contributed by atoms with E-state index in [2.05, 4.69) is 5.32 Å². The van der Waals surface area contributed by atoms with Crippen LogP contribution in [0.5, 0.6) is 0 Å². The van der Waals surface area contributed by atoms with Gasteiger partial charge in [-0.05, 0) is 63.4 Å². The number of carbonyl (C=O) groups is 2. The molecule has 0 saturated carbocycles. The second kappa shape index (κ2) is 11.4. The van der Waals surface area contributed by atoms with Crippen LogP contribution < -0.4 is 5.32 Å². The van der Waals surface area contributed by atoms with Crippen molar-refractivity contribution in [3.05, 3.63) is 65.2 Å². The summed E-state index contributed by atoms with van der Waals surface area (Å²) < 4.78 is 0. The fraction of sp³-hybridized carbons (Fsp3) is 0.417. The molecule has 0 saturated heterocycles. The topological polar surface area (TPSA) is 49.4 Å². The van der Waals surface area contributed by atoms with Gasteiger partial charge < -0.3 is 10.2 Å². The number of hydrogen-bond donors (Lipinski definition) is 1. The Hall–Kier alpha value is -1.98. The maximum absolute atomic E-state index is 13.2. The molecule has 1 atom stereocenters. The summed E-state index contributed by atoms with van der Waals surface area (Å²) in [6.45, 7) is 8.29. The minimum Gasteiger partial charge on any atom is -0.350 e. The summed E-state index contributed by atoms with van der Waals surface area (Å²) in [5.74, 6) is 0.125. The monoisotopic (exact) mass is 446 g/mol. The molecule has 2 aromatic carbocycles. The van der Waals surface area contributed by atoms with Crippen LogP contribution in [0.3, 0.4) is 0 Å². The van der Waals surface area contributed by atoms with E-state index in [9.17, 15) is 9.59 Å². The van der Waals surface area contributed by atoms with Crippen molar-refractivity contribution in [2.75, 3.05) is 12.3 Å². The average molecular weight is 447 g/mol. The van der Waals surface area contributed by atoms with Crippen LogP contribution in [0.15, 0.2) is 59.5 Å². The van der Waals surface area contributed by atoms with Gasteiger partial charge in [0.25, 0.3) is 0 Å². The molecule has 2 amide bonds. The third-order valence-electron chi connectivity index (χ3n) is 4.54. The van der Waals surface area contributed by atoms with Crippen molar-refractivity contribution in [2.24, 2.45) is 0 Å². The van der Waals surface area contributed by atoms with Crippen molar-refractivity contribution in [3.63, 3.8) is 0 Å². The Labute approximate surface area is 189 Å². The summed E-state index contributed by atoms with van der Waals surface area (Å²) in [6.07, 6.45) is 1.27. The molecule has 0 aromatic heterocycles. The molecule has 2 aromatic rings. The van der Waals surface area contributed by atoms with Crippen molar-refractivity contribution in [1.82, 2.24) is 10.2 Å². The lowest BCUT2D eigenvalue weighted by molar-refractivity contribution is -0.139. The highest BCUT2D eigenvalue weighted by molar-refractivity contribution is 8.00. The maximum Gasteiger partial charge on any atom is 0.243 e. The Morgan fingerprint density at radius 2 is 1.70 bits per heavy atom. The Balaban J connectivity index is 2.14. The van der Waals surface area contributed by atoms with E-state index in [1.54, 1.807) is 4.90 Å². The fourth-order valence-electron chi connectivity index (χ4n) is 3.11. The highest BCUT2D eigenvalue weighted by Crippen LogP contribution is 2.22. The molecule has 1 N–H and O–H groups in total. The predicted octanol–water partition coefficient (Wildman–Crippen LogP) is 5.20. The molecule has 6 heteroatoms. The van der Waals surface area contributed by atoms with Crippen LogP contribution in [0.4, 0.5) is 0 Å². The third-order valence-corrected chi connectivity index (χ3v) is 5.79. The number of carbonyl (C=O) groups excluding carboxylic acids is 2. The number of nitrogens with zero attached hydrogens (tertiary/aromatic N) is 1. The molecular formula is C24H31ClN2O2S. The van der Waals surface area contributed by atoms with Crippen LogP contribution >= 0.6 is 23.4 Å². The van der Waals surface area contributed by atoms with Crippen LogP contribution in [0.25, 0.3) is 0 Å². The van der Waals surface area contributed by atoms with E-state index in [4.69, 9.17) is 11.6 Å². The van der Waals surface area contributed by atoms with Gasteiger partial charge in [0.2, 0.25) is 11.8 Å². The molecule has 0 aliphatic carbocycles. The summed E-state index contributed by atoms with van der Waals surface area (Å²) in [5.41, 5.74) is 0.795. The van der Waals surface area contributed by atoms with Gasteiger partial charge in [0.05, 0.1) is 5.75 Å². The van der Waals surface area contributed by atoms with Crippen LogP contribution in [0.2, 0.25) is 5.02 Å². The lowest BCUT2D eigenvalue weighted by atomic mass is 10.1. The molecule has 162 valence electrons. The number of thioether (sulfide) groups is 1. The van der Waals surface area contributed by atoms with Gasteiger partial charge in [-0.25, -0.2) is 0 Å². The number of hydrogen-bond acceptors (Lipinski definition) is 3. The van der Waals surface area contributed by atoms with Gasteiger partial charge in [0.15, 0.2) is 0 Å². The Morgan fingerprint density at radius 3 is 2.27 bits per heavy atom. The summed E-state index contributed by atoms with van der Waals surface area (Å²) in [6, 6.07) is 17.0. The molecule has 0 aliphatic heterocycles. The second-order valence-electron chi connectivity index (χ2n) is 8.23. The van der Waals surface area contributed by atoms with Gasteiger partial charge in [-0.3, -0.25) is 9.59 Å². The second-order valence-corrected chi connectivity index (χ2v) is 9.71. The van der Waals surface area contributed by atoms with Crippen LogP contribution in [0, 0.1) is 0 Å². The third kappa shape index (κ3) is 8.04. The summed E-state index contributed by atoms with van der Waals surface area (Å²) in [5, 5.41) is 3.70. The van der Waals surface area contributed by atoms with Crippen molar-refractivity contribution in [3.8, 4) is 0 Å². The van der Waals surface area contributed by atoms with Crippen LogP contribution in [-0.4, -0.2) is 40.6 Å². The number of rotatable bonds is 9. The molecule has 0 bridgehead atoms. The Morgan fingerprint density at radius 1 is 1.07 bits per heavy atom. The van der Waals surface area contributed by atoms with Gasteiger partial charge in [-0.2, -0.15) is 0 Å². The Bertz CT molecular complexity index is 819. The van der Waals surface area contributed by atoms with Crippen LogP contribution in [0.1, 0.15) is 39.7 Å². The molecule has 0 aliphatic rings. The first-order valence-electron chi connectivity index (χ1n) is 10.2. The van der Waals surface area contributed by atoms with Gasteiger partial charge in [0, 0.05) is 22.0 Å². The zero-order valence-corrected chi connectivity index (χ0v) is 19.7. The first kappa shape index (κ1) is 24.3. The molecule has 30 heavy (non-hydrogen) atoms. The molecule has 2 rings (SSSR count). The van der Waals surface area contributed by atoms with E-state index < -0.39 is 6.04 Å². The zero-order chi connectivity index (χ0) is 22.1. The highest BCUT2D eigenvalue weighted by atomic mass is 35.5. The van der Waals surface area contributed by atoms with Crippen molar-refractivity contribution < 1.29 is 9.59 Å². The van der Waals surface area contributed by atoms with Gasteiger partial charge in [0.1, 0.15) is 6.04 Å². The number of benzene rings is 2. The van der Waals surface area contributed by atoms with E-state index in [1.807, 2.05) is 82.3 Å². The fourth-order valence-corrected chi connectivity index (χ4v) is 4.02. The van der Waals surface area contributed by atoms with Gasteiger partial charge >= 0.3 is 0 Å². The van der Waals surface area contributed by atoms with E-state index in [0.29, 0.717) is 24.4 Å². The molecule has 0 spiro atoms. The summed E-state index contributed by atoms with van der Waals surface area (Å²) >= 11 is 7.40. The SMILES string of the molecule is CCC(C(=O)NC(C)(C)C)N(CCc1ccccc1)C(=O)CSc1ccc(Cl)cc1. The van der Waals surface area contributed by atoms with E-state index in [-0.39, 0.29) is 23.1 Å². The normalized spacial score (nSPS) is 12.3. The van der Waals surface area contributed by atoms with E-state index in [0.717, 1.165) is 10.5 Å². The first-order valence-corrected chi connectivity index (χ1v) is 11.6. The van der Waals surface area contributed by atoms with Crippen molar-refractivity contribution >= 4 is 35.2 Å². The molecule has 0 fully saturated rings. The lowest BCUT2D eigenvalue weighted by Gasteiger charge is -2.33. The minimum absolute atomic E-state index is 0.0400. The highest BCUT2D eigenvalue weighted by Gasteiger charge is 2.30. The molecule has 1 unspecified atom stereocenters. The average Bonchev–Trinajstić information content (AvgIpc) is 2.69. The van der Waals surface area contributed by atoms with Crippen molar-refractivity contribution in [1.29, 1.82) is 0 Å². The first-order chi connectivity index (χ1) is 14.2. The van der Waals surface area contributed by atoms with Gasteiger partial charge in [-0.1, -0.05) is 48.9 Å². The standard InChI is InChI=1S/C24H31ClN2O2S/c1-5-21(23(29)26-24(2,3)4)27(16-15-18-9-7-6-8-10-18)22(28)17-30-20-13-11-19(25)12-14-20/h6-14,21H,5,15-17H2,1-4H3,(H,26,29). The summed E-state index contributed by atoms with van der Waals surface area (Å²) in [7, 11) is 0. The van der Waals surface area contributed by atoms with Gasteiger partial charge in [-0.15, -0.1) is 11.8 Å². The quantitative estimate of drug-likeness (QED) is 0.539. The van der Waals surface area contributed by atoms with E-state index in [1.165, 1.54) is 11.8 Å². The van der Waals surface area contributed by atoms with Crippen LogP contribution in [-0.2, 0) is 16.0 Å². The number of halogens is 1. The van der Waals surface area contributed by atoms with E-state index >= 15 is 0 Å². The van der Waals surface area contributed by atoms with Crippen molar-refractivity contribution in [2.45, 2.75) is 57.0 Å². The zero-order valence-electron chi connectivity index (χ0n) is 18.2. The minimum atomic E-state index is -0.494. The maximum atomic E-state index is 13.2. The number of nitrogens with one attached hydrogen (secondary N) is 1. The summed E-state index contributed by atoms with van der Waals surface area (Å²) in [4.78, 5) is 28.8.